The minimum Gasteiger partial charge on any atom is -0.325 e. The van der Waals surface area contributed by atoms with Crippen molar-refractivity contribution in [1.82, 2.24) is 9.78 Å². The van der Waals surface area contributed by atoms with E-state index >= 15 is 0 Å². The Kier molecular flexibility index (Phi) is 2.21. The molecule has 0 saturated heterocycles. The first-order chi connectivity index (χ1) is 7.75. The van der Waals surface area contributed by atoms with Crippen molar-refractivity contribution in [3.8, 4) is 0 Å². The van der Waals surface area contributed by atoms with Crippen molar-refractivity contribution in [2.45, 2.75) is 37.8 Å². The summed E-state index contributed by atoms with van der Waals surface area (Å²) < 4.78 is 2.04. The van der Waals surface area contributed by atoms with Crippen LogP contribution in [-0.4, -0.2) is 15.3 Å². The molecule has 1 heterocycles. The van der Waals surface area contributed by atoms with Crippen molar-refractivity contribution in [1.29, 1.82) is 0 Å². The zero-order valence-corrected chi connectivity index (χ0v) is 9.39. The Morgan fingerprint density at radius 3 is 2.88 bits per heavy atom. The molecule has 0 bridgehead atoms. The van der Waals surface area contributed by atoms with Gasteiger partial charge in [0.1, 0.15) is 0 Å². The topological polar surface area (TPSA) is 43.8 Å². The number of nitrogens with two attached hydrogens (primary N) is 1. The van der Waals surface area contributed by atoms with Crippen molar-refractivity contribution >= 4 is 10.9 Å². The molecule has 3 heteroatoms. The second kappa shape index (κ2) is 3.59. The number of hydrogen-bond donors (Lipinski definition) is 1. The highest BCUT2D eigenvalue weighted by Gasteiger charge is 2.36. The van der Waals surface area contributed by atoms with E-state index in [-0.39, 0.29) is 5.54 Å². The van der Waals surface area contributed by atoms with Crippen molar-refractivity contribution in [2.75, 3.05) is 0 Å². The average Bonchev–Trinajstić information content (AvgIpc) is 2.87. The molecule has 0 amide bonds. The van der Waals surface area contributed by atoms with E-state index in [1.165, 1.54) is 18.2 Å². The fourth-order valence-corrected chi connectivity index (χ4v) is 2.13. The number of aromatic nitrogens is 2. The molecule has 2 N–H and O–H groups in total. The SMILES string of the molecule is NC1(CCCn2cc3ccccc3n2)CC1. The molecular formula is C13H17N3. The third-order valence-corrected chi connectivity index (χ3v) is 3.42. The standard InChI is InChI=1S/C13H17N3/c14-13(7-8-13)6-3-9-16-10-11-4-1-2-5-12(11)15-16/h1-2,4-5,10H,3,6-9,14H2. The summed E-state index contributed by atoms with van der Waals surface area (Å²) in [6.45, 7) is 0.980. The molecule has 1 saturated carbocycles. The summed E-state index contributed by atoms with van der Waals surface area (Å²) in [7, 11) is 0. The highest BCUT2D eigenvalue weighted by atomic mass is 15.3. The van der Waals surface area contributed by atoms with Crippen molar-refractivity contribution < 1.29 is 0 Å². The fraction of sp³-hybridized carbons (Fsp3) is 0.462. The van der Waals surface area contributed by atoms with E-state index in [4.69, 9.17) is 5.73 Å². The first kappa shape index (κ1) is 9.85. The lowest BCUT2D eigenvalue weighted by molar-refractivity contribution is 0.504. The number of nitrogens with zero attached hydrogens (tertiary/aromatic N) is 2. The van der Waals surface area contributed by atoms with Gasteiger partial charge in [0.2, 0.25) is 0 Å². The number of rotatable bonds is 4. The minimum atomic E-state index is 0.173. The minimum absolute atomic E-state index is 0.173. The van der Waals surface area contributed by atoms with E-state index in [2.05, 4.69) is 23.4 Å². The lowest BCUT2D eigenvalue weighted by Crippen LogP contribution is -2.21. The second-order valence-corrected chi connectivity index (χ2v) is 4.92. The molecule has 1 aliphatic rings. The van der Waals surface area contributed by atoms with Gasteiger partial charge in [0.05, 0.1) is 5.52 Å². The highest BCUT2D eigenvalue weighted by Crippen LogP contribution is 2.36. The van der Waals surface area contributed by atoms with Crippen molar-refractivity contribution in [3.63, 3.8) is 0 Å². The van der Waals surface area contributed by atoms with Gasteiger partial charge in [-0.25, -0.2) is 0 Å². The van der Waals surface area contributed by atoms with Crippen molar-refractivity contribution in [3.05, 3.63) is 30.5 Å². The van der Waals surface area contributed by atoms with Crippen molar-refractivity contribution in [2.24, 2.45) is 5.73 Å². The molecule has 3 rings (SSSR count). The van der Waals surface area contributed by atoms with Crippen LogP contribution < -0.4 is 5.73 Å². The van der Waals surface area contributed by atoms with Gasteiger partial charge in [-0.15, -0.1) is 0 Å². The average molecular weight is 215 g/mol. The van der Waals surface area contributed by atoms with Gasteiger partial charge in [-0.1, -0.05) is 18.2 Å². The predicted molar refractivity (Wildman–Crippen MR) is 65.1 cm³/mol. The van der Waals surface area contributed by atoms with Crippen LogP contribution in [0.2, 0.25) is 0 Å². The Labute approximate surface area is 95.2 Å². The summed E-state index contributed by atoms with van der Waals surface area (Å²) in [4.78, 5) is 0. The molecule has 1 fully saturated rings. The Hall–Kier alpha value is -1.35. The Balaban J connectivity index is 1.65. The highest BCUT2D eigenvalue weighted by molar-refractivity contribution is 5.77. The summed E-state index contributed by atoms with van der Waals surface area (Å²) in [5, 5.41) is 5.75. The summed E-state index contributed by atoms with van der Waals surface area (Å²) >= 11 is 0. The Bertz CT molecular complexity index is 464. The van der Waals surface area contributed by atoms with Gasteiger partial charge < -0.3 is 5.73 Å². The molecule has 2 aromatic rings. The van der Waals surface area contributed by atoms with E-state index in [9.17, 15) is 0 Å². The Morgan fingerprint density at radius 1 is 1.31 bits per heavy atom. The number of hydrogen-bond acceptors (Lipinski definition) is 2. The molecule has 3 nitrogen and oxygen atoms in total. The summed E-state index contributed by atoms with van der Waals surface area (Å²) in [6.07, 6.45) is 6.78. The van der Waals surface area contributed by atoms with Gasteiger partial charge in [-0.2, -0.15) is 5.10 Å². The van der Waals surface area contributed by atoms with Crippen LogP contribution in [0.1, 0.15) is 25.7 Å². The molecule has 0 unspecified atom stereocenters. The molecule has 0 radical (unpaired) electrons. The number of benzene rings is 1. The van der Waals surface area contributed by atoms with Gasteiger partial charge in [-0.3, -0.25) is 4.68 Å². The van der Waals surface area contributed by atoms with Crippen LogP contribution in [0.4, 0.5) is 0 Å². The van der Waals surface area contributed by atoms with Crippen LogP contribution in [0.5, 0.6) is 0 Å². The summed E-state index contributed by atoms with van der Waals surface area (Å²) in [6, 6.07) is 8.23. The summed E-state index contributed by atoms with van der Waals surface area (Å²) in [5.74, 6) is 0. The molecular weight excluding hydrogens is 198 g/mol. The zero-order chi connectivity index (χ0) is 11.0. The van der Waals surface area contributed by atoms with Crippen LogP contribution in [0.3, 0.4) is 0 Å². The maximum atomic E-state index is 6.06. The predicted octanol–water partition coefficient (Wildman–Crippen LogP) is 2.31. The normalized spacial score (nSPS) is 17.8. The summed E-state index contributed by atoms with van der Waals surface area (Å²) in [5.41, 5.74) is 7.31. The molecule has 1 aromatic carbocycles. The third kappa shape index (κ3) is 1.95. The zero-order valence-electron chi connectivity index (χ0n) is 9.39. The first-order valence-corrected chi connectivity index (χ1v) is 5.96. The first-order valence-electron chi connectivity index (χ1n) is 5.96. The van der Waals surface area contributed by atoms with E-state index in [0.717, 1.165) is 24.9 Å². The lowest BCUT2D eigenvalue weighted by atomic mass is 10.1. The third-order valence-electron chi connectivity index (χ3n) is 3.42. The van der Waals surface area contributed by atoms with Crippen LogP contribution in [0.15, 0.2) is 30.5 Å². The number of fused-ring (bicyclic) bond motifs is 1. The smallest absolute Gasteiger partial charge is 0.0923 e. The molecule has 1 aromatic heterocycles. The molecule has 84 valence electrons. The van der Waals surface area contributed by atoms with Crippen LogP contribution >= 0.6 is 0 Å². The van der Waals surface area contributed by atoms with Crippen LogP contribution in [-0.2, 0) is 6.54 Å². The Morgan fingerprint density at radius 2 is 2.12 bits per heavy atom. The van der Waals surface area contributed by atoms with Gasteiger partial charge in [0.25, 0.3) is 0 Å². The van der Waals surface area contributed by atoms with E-state index in [1.807, 2.05) is 16.8 Å². The van der Waals surface area contributed by atoms with Crippen LogP contribution in [0, 0.1) is 0 Å². The fourth-order valence-electron chi connectivity index (χ4n) is 2.13. The van der Waals surface area contributed by atoms with Gasteiger partial charge in [-0.05, 0) is 31.7 Å². The van der Waals surface area contributed by atoms with Gasteiger partial charge in [0.15, 0.2) is 0 Å². The maximum Gasteiger partial charge on any atom is 0.0923 e. The maximum absolute atomic E-state index is 6.06. The monoisotopic (exact) mass is 215 g/mol. The van der Waals surface area contributed by atoms with Crippen LogP contribution in [0.25, 0.3) is 10.9 Å². The molecule has 16 heavy (non-hydrogen) atoms. The van der Waals surface area contributed by atoms with Gasteiger partial charge >= 0.3 is 0 Å². The largest absolute Gasteiger partial charge is 0.325 e. The lowest BCUT2D eigenvalue weighted by Gasteiger charge is -2.07. The number of aryl methyl sites for hydroxylation is 1. The van der Waals surface area contributed by atoms with E-state index < -0.39 is 0 Å². The molecule has 0 aliphatic heterocycles. The second-order valence-electron chi connectivity index (χ2n) is 4.92. The molecule has 1 aliphatic carbocycles. The molecule has 0 atom stereocenters. The van der Waals surface area contributed by atoms with E-state index in [0.29, 0.717) is 0 Å². The van der Waals surface area contributed by atoms with Gasteiger partial charge in [0, 0.05) is 23.7 Å². The van der Waals surface area contributed by atoms with E-state index in [1.54, 1.807) is 0 Å². The quantitative estimate of drug-likeness (QED) is 0.850. The molecule has 0 spiro atoms.